The van der Waals surface area contributed by atoms with Crippen LogP contribution in [0.1, 0.15) is 15.9 Å². The lowest BCUT2D eigenvalue weighted by Gasteiger charge is -2.09. The summed E-state index contributed by atoms with van der Waals surface area (Å²) in [5.74, 6) is -0.371. The van der Waals surface area contributed by atoms with Crippen molar-refractivity contribution in [2.24, 2.45) is 0 Å². The molecule has 3 aromatic rings. The molecule has 1 amide bonds. The maximum atomic E-state index is 12.4. The molecule has 30 heavy (non-hydrogen) atoms. The summed E-state index contributed by atoms with van der Waals surface area (Å²) in [5.41, 5.74) is 1.41. The van der Waals surface area contributed by atoms with Gasteiger partial charge in [0.1, 0.15) is 5.75 Å². The fourth-order valence-corrected chi connectivity index (χ4v) is 3.64. The van der Waals surface area contributed by atoms with Gasteiger partial charge in [-0.05, 0) is 54.1 Å². The van der Waals surface area contributed by atoms with Crippen LogP contribution in [0, 0.1) is 0 Å². The molecular weight excluding hydrogens is 414 g/mol. The maximum Gasteiger partial charge on any atom is 0.387 e. The summed E-state index contributed by atoms with van der Waals surface area (Å²) >= 11 is 0. The number of amides is 1. The lowest BCUT2D eigenvalue weighted by molar-refractivity contribution is -0.0498. The third-order valence-corrected chi connectivity index (χ3v) is 5.45. The molecule has 6 nitrogen and oxygen atoms in total. The Bertz CT molecular complexity index is 1090. The molecule has 0 spiro atoms. The van der Waals surface area contributed by atoms with Gasteiger partial charge in [0.2, 0.25) is 0 Å². The van der Waals surface area contributed by atoms with E-state index >= 15 is 0 Å². The number of alkyl halides is 2. The molecule has 0 radical (unpaired) electrons. The number of para-hydroxylation sites is 1. The first-order valence-electron chi connectivity index (χ1n) is 8.83. The first-order valence-corrected chi connectivity index (χ1v) is 10.3. The first-order chi connectivity index (χ1) is 14.3. The minimum absolute atomic E-state index is 0.0255. The number of nitrogens with one attached hydrogen (secondary N) is 2. The highest BCUT2D eigenvalue weighted by Gasteiger charge is 2.15. The van der Waals surface area contributed by atoms with E-state index in [1.165, 1.54) is 36.4 Å². The molecule has 9 heteroatoms. The number of hydrogen-bond acceptors (Lipinski definition) is 4. The van der Waals surface area contributed by atoms with Crippen LogP contribution in [-0.2, 0) is 16.6 Å². The zero-order chi connectivity index (χ0) is 21.6. The number of carbonyl (C=O) groups is 1. The summed E-state index contributed by atoms with van der Waals surface area (Å²) in [5, 5.41) is 2.68. The van der Waals surface area contributed by atoms with Gasteiger partial charge in [-0.3, -0.25) is 9.52 Å². The molecule has 0 aliphatic heterocycles. The Kier molecular flexibility index (Phi) is 6.63. The Morgan fingerprint density at radius 2 is 1.53 bits per heavy atom. The fourth-order valence-electron chi connectivity index (χ4n) is 2.58. The van der Waals surface area contributed by atoms with Crippen LogP contribution in [0.5, 0.6) is 5.75 Å². The summed E-state index contributed by atoms with van der Waals surface area (Å²) < 4.78 is 55.9. The largest absolute Gasteiger partial charge is 0.435 e. The molecule has 0 unspecified atom stereocenters. The molecule has 0 bridgehead atoms. The molecular formula is C21H18F2N2O4S. The van der Waals surface area contributed by atoms with E-state index in [2.05, 4.69) is 14.8 Å². The number of rotatable bonds is 8. The maximum absolute atomic E-state index is 12.4. The standard InChI is InChI=1S/C21H18F2N2O4S/c22-21(23)29-18-10-6-15(7-11-18)14-24-20(26)16-8-12-19(13-9-16)30(27,28)25-17-4-2-1-3-5-17/h1-13,21,25H,14H2,(H,24,26). The van der Waals surface area contributed by atoms with Crippen molar-refractivity contribution in [3.05, 3.63) is 90.0 Å². The lowest BCUT2D eigenvalue weighted by Crippen LogP contribution is -2.23. The molecule has 0 aromatic heterocycles. The van der Waals surface area contributed by atoms with Crippen LogP contribution in [0.15, 0.2) is 83.8 Å². The number of hydrogen-bond donors (Lipinski definition) is 2. The summed E-state index contributed by atoms with van der Waals surface area (Å²) in [7, 11) is -3.77. The summed E-state index contributed by atoms with van der Waals surface area (Å²) in [6.07, 6.45) is 0. The summed E-state index contributed by atoms with van der Waals surface area (Å²) in [6, 6.07) is 19.9. The Morgan fingerprint density at radius 3 is 2.13 bits per heavy atom. The number of carbonyl (C=O) groups excluding carboxylic acids is 1. The fraction of sp³-hybridized carbons (Fsp3) is 0.0952. The van der Waals surface area contributed by atoms with E-state index < -0.39 is 22.5 Å². The quantitative estimate of drug-likeness (QED) is 0.563. The van der Waals surface area contributed by atoms with Crippen molar-refractivity contribution >= 4 is 21.6 Å². The summed E-state index contributed by atoms with van der Waals surface area (Å²) in [6.45, 7) is -2.73. The van der Waals surface area contributed by atoms with Gasteiger partial charge in [0, 0.05) is 17.8 Å². The number of halogens is 2. The Hall–Kier alpha value is -3.46. The molecule has 0 aliphatic rings. The van der Waals surface area contributed by atoms with Gasteiger partial charge >= 0.3 is 6.61 Å². The number of benzene rings is 3. The Balaban J connectivity index is 1.59. The van der Waals surface area contributed by atoms with E-state index in [0.717, 1.165) is 0 Å². The SMILES string of the molecule is O=C(NCc1ccc(OC(F)F)cc1)c1ccc(S(=O)(=O)Nc2ccccc2)cc1. The van der Waals surface area contributed by atoms with E-state index in [-0.39, 0.29) is 22.8 Å². The zero-order valence-electron chi connectivity index (χ0n) is 15.6. The predicted molar refractivity (Wildman–Crippen MR) is 108 cm³/mol. The van der Waals surface area contributed by atoms with Crippen LogP contribution in [-0.4, -0.2) is 20.9 Å². The highest BCUT2D eigenvalue weighted by Crippen LogP contribution is 2.17. The molecule has 0 aliphatic carbocycles. The average Bonchev–Trinajstić information content (AvgIpc) is 2.73. The minimum Gasteiger partial charge on any atom is -0.435 e. The van der Waals surface area contributed by atoms with Gasteiger partial charge in [0.15, 0.2) is 0 Å². The van der Waals surface area contributed by atoms with E-state index in [0.29, 0.717) is 11.3 Å². The van der Waals surface area contributed by atoms with Gasteiger partial charge in [-0.1, -0.05) is 30.3 Å². The van der Waals surface area contributed by atoms with Crippen LogP contribution in [0.25, 0.3) is 0 Å². The van der Waals surface area contributed by atoms with Crippen LogP contribution < -0.4 is 14.8 Å². The van der Waals surface area contributed by atoms with Crippen molar-refractivity contribution in [2.45, 2.75) is 18.1 Å². The molecule has 2 N–H and O–H groups in total. The van der Waals surface area contributed by atoms with E-state index in [1.807, 2.05) is 0 Å². The van der Waals surface area contributed by atoms with Crippen LogP contribution in [0.3, 0.4) is 0 Å². The van der Waals surface area contributed by atoms with Crippen LogP contribution in [0.4, 0.5) is 14.5 Å². The first kappa shape index (κ1) is 21.3. The lowest BCUT2D eigenvalue weighted by atomic mass is 10.2. The van der Waals surface area contributed by atoms with E-state index in [1.54, 1.807) is 42.5 Å². The van der Waals surface area contributed by atoms with Crippen molar-refractivity contribution < 1.29 is 26.7 Å². The molecule has 0 atom stereocenters. The van der Waals surface area contributed by atoms with Crippen molar-refractivity contribution in [1.82, 2.24) is 5.32 Å². The van der Waals surface area contributed by atoms with Crippen molar-refractivity contribution in [2.75, 3.05) is 4.72 Å². The van der Waals surface area contributed by atoms with Crippen molar-refractivity contribution in [3.63, 3.8) is 0 Å². The van der Waals surface area contributed by atoms with Gasteiger partial charge in [-0.15, -0.1) is 0 Å². The topological polar surface area (TPSA) is 84.5 Å². The van der Waals surface area contributed by atoms with E-state index in [4.69, 9.17) is 0 Å². The second-order valence-corrected chi connectivity index (χ2v) is 7.88. The monoisotopic (exact) mass is 432 g/mol. The number of sulfonamides is 1. The smallest absolute Gasteiger partial charge is 0.387 e. The second-order valence-electron chi connectivity index (χ2n) is 6.20. The Morgan fingerprint density at radius 1 is 0.900 bits per heavy atom. The molecule has 156 valence electrons. The molecule has 0 saturated carbocycles. The number of ether oxygens (including phenoxy) is 1. The Labute approximate surface area is 172 Å². The molecule has 0 heterocycles. The molecule has 0 saturated heterocycles. The highest BCUT2D eigenvalue weighted by atomic mass is 32.2. The molecule has 3 rings (SSSR count). The predicted octanol–water partition coefficient (Wildman–Crippen LogP) is 4.02. The minimum atomic E-state index is -3.77. The zero-order valence-corrected chi connectivity index (χ0v) is 16.4. The van der Waals surface area contributed by atoms with E-state index in [9.17, 15) is 22.0 Å². The third kappa shape index (κ3) is 5.77. The normalized spacial score (nSPS) is 11.2. The second kappa shape index (κ2) is 9.36. The summed E-state index contributed by atoms with van der Waals surface area (Å²) in [4.78, 5) is 12.3. The molecule has 0 fully saturated rings. The van der Waals surface area contributed by atoms with Gasteiger partial charge in [0.25, 0.3) is 15.9 Å². The van der Waals surface area contributed by atoms with Gasteiger partial charge in [-0.25, -0.2) is 8.42 Å². The highest BCUT2D eigenvalue weighted by molar-refractivity contribution is 7.92. The van der Waals surface area contributed by atoms with Gasteiger partial charge < -0.3 is 10.1 Å². The van der Waals surface area contributed by atoms with Crippen LogP contribution in [0.2, 0.25) is 0 Å². The van der Waals surface area contributed by atoms with Gasteiger partial charge in [0.05, 0.1) is 4.90 Å². The molecule has 3 aromatic carbocycles. The third-order valence-electron chi connectivity index (χ3n) is 4.05. The number of anilines is 1. The average molecular weight is 432 g/mol. The van der Waals surface area contributed by atoms with Crippen LogP contribution >= 0.6 is 0 Å². The van der Waals surface area contributed by atoms with Gasteiger partial charge in [-0.2, -0.15) is 8.78 Å². The van der Waals surface area contributed by atoms with Crippen molar-refractivity contribution in [3.8, 4) is 5.75 Å². The van der Waals surface area contributed by atoms with Crippen molar-refractivity contribution in [1.29, 1.82) is 0 Å².